The van der Waals surface area contributed by atoms with Gasteiger partial charge in [-0.2, -0.15) is 0 Å². The van der Waals surface area contributed by atoms with Crippen molar-refractivity contribution in [3.8, 4) is 0 Å². The fourth-order valence-corrected chi connectivity index (χ4v) is 1.78. The van der Waals surface area contributed by atoms with E-state index in [9.17, 15) is 4.79 Å². The summed E-state index contributed by atoms with van der Waals surface area (Å²) in [4.78, 5) is 12.8. The van der Waals surface area contributed by atoms with Gasteiger partial charge in [-0.25, -0.2) is 0 Å². The summed E-state index contributed by atoms with van der Waals surface area (Å²) in [5.74, 6) is 0. The Labute approximate surface area is 98.3 Å². The Morgan fingerprint density at radius 3 is 2.44 bits per heavy atom. The zero-order chi connectivity index (χ0) is 11.8. The van der Waals surface area contributed by atoms with Crippen LogP contribution in [0.3, 0.4) is 0 Å². The van der Waals surface area contributed by atoms with Crippen molar-refractivity contribution in [2.75, 3.05) is 13.1 Å². The van der Waals surface area contributed by atoms with E-state index in [-0.39, 0.29) is 0 Å². The first kappa shape index (κ1) is 12.8. The molecule has 0 aliphatic heterocycles. The molecule has 0 unspecified atom stereocenters. The molecular weight excluding hydrogens is 198 g/mol. The molecule has 0 spiro atoms. The van der Waals surface area contributed by atoms with Gasteiger partial charge in [-0.1, -0.05) is 32.1 Å². The van der Waals surface area contributed by atoms with E-state index >= 15 is 0 Å². The molecule has 87 valence electrons. The fraction of sp³-hybridized carbons (Fsp3) is 0.500. The van der Waals surface area contributed by atoms with E-state index in [1.807, 2.05) is 24.5 Å². The van der Waals surface area contributed by atoms with Gasteiger partial charge in [-0.15, -0.1) is 0 Å². The van der Waals surface area contributed by atoms with E-state index in [4.69, 9.17) is 0 Å². The molecule has 0 atom stereocenters. The van der Waals surface area contributed by atoms with E-state index in [1.54, 1.807) is 0 Å². The van der Waals surface area contributed by atoms with Crippen LogP contribution in [0.1, 0.15) is 33.1 Å². The van der Waals surface area contributed by atoms with Gasteiger partial charge in [-0.05, 0) is 24.8 Å². The lowest BCUT2D eigenvalue weighted by molar-refractivity contribution is 0.373. The third-order valence-corrected chi connectivity index (χ3v) is 2.52. The number of nitrogens with zero attached hydrogens (tertiary/aromatic N) is 1. The molecule has 0 bridgehead atoms. The van der Waals surface area contributed by atoms with Gasteiger partial charge in [0.15, 0.2) is 0 Å². The quantitative estimate of drug-likeness (QED) is 0.683. The van der Waals surface area contributed by atoms with Gasteiger partial charge in [0, 0.05) is 24.9 Å². The number of hydrogen-bond donors (Lipinski definition) is 0. The highest BCUT2D eigenvalue weighted by atomic mass is 16.1. The Bertz CT molecular complexity index is 307. The Hall–Kier alpha value is -1.31. The summed E-state index contributed by atoms with van der Waals surface area (Å²) in [5.41, 5.74) is 1.93. The van der Waals surface area contributed by atoms with Crippen molar-refractivity contribution in [2.24, 2.45) is 0 Å². The molecule has 0 aromatic carbocycles. The summed E-state index contributed by atoms with van der Waals surface area (Å²) in [5, 5.41) is 0. The monoisotopic (exact) mass is 218 g/mol. The maximum Gasteiger partial charge on any atom is 0.233 e. The summed E-state index contributed by atoms with van der Waals surface area (Å²) >= 11 is 0. The van der Waals surface area contributed by atoms with Gasteiger partial charge >= 0.3 is 0 Å². The lowest BCUT2D eigenvalue weighted by atomic mass is 10.0. The summed E-state index contributed by atoms with van der Waals surface area (Å²) in [7, 11) is 0. The number of allylic oxidation sites excluding steroid dienone is 5. The molecule has 2 heteroatoms. The van der Waals surface area contributed by atoms with Crippen LogP contribution in [-0.4, -0.2) is 24.3 Å². The van der Waals surface area contributed by atoms with Crippen molar-refractivity contribution < 1.29 is 4.79 Å². The summed E-state index contributed by atoms with van der Waals surface area (Å²) in [6.45, 7) is 6.58. The van der Waals surface area contributed by atoms with Crippen LogP contribution in [0.25, 0.3) is 0 Å². The van der Waals surface area contributed by atoms with Crippen LogP contribution < -0.4 is 0 Å². The predicted molar refractivity (Wildman–Crippen MR) is 67.8 cm³/mol. The zero-order valence-corrected chi connectivity index (χ0v) is 10.2. The van der Waals surface area contributed by atoms with Crippen LogP contribution in [0, 0.1) is 0 Å². The molecule has 0 N–H and O–H groups in total. The van der Waals surface area contributed by atoms with E-state index in [0.717, 1.165) is 32.4 Å². The van der Waals surface area contributed by atoms with Gasteiger partial charge < -0.3 is 4.90 Å². The molecule has 0 saturated carbocycles. The van der Waals surface area contributed by atoms with Crippen molar-refractivity contribution >= 4 is 6.29 Å². The molecule has 1 rings (SSSR count). The minimum atomic E-state index is 0.662. The minimum Gasteiger partial charge on any atom is -0.377 e. The molecule has 16 heavy (non-hydrogen) atoms. The predicted octanol–water partition coefficient (Wildman–Crippen LogP) is 2.99. The van der Waals surface area contributed by atoms with Crippen LogP contribution in [-0.2, 0) is 4.79 Å². The van der Waals surface area contributed by atoms with E-state index in [1.165, 1.54) is 5.57 Å². The largest absolute Gasteiger partial charge is 0.377 e. The Balaban J connectivity index is 2.59. The first-order chi connectivity index (χ1) is 7.80. The second kappa shape index (κ2) is 7.04. The third kappa shape index (κ3) is 4.05. The fourth-order valence-electron chi connectivity index (χ4n) is 1.78. The maximum absolute atomic E-state index is 10.4. The van der Waals surface area contributed by atoms with Gasteiger partial charge in [0.2, 0.25) is 6.29 Å². The Kier molecular flexibility index (Phi) is 5.62. The molecular formula is C14H20NO. The summed E-state index contributed by atoms with van der Waals surface area (Å²) in [6, 6.07) is 0. The SMILES string of the molecule is CCCN(C=C1C=CC([C]=O)=CC1)CCC. The van der Waals surface area contributed by atoms with Crippen LogP contribution in [0.2, 0.25) is 0 Å². The average Bonchev–Trinajstić information content (AvgIpc) is 2.31. The topological polar surface area (TPSA) is 20.3 Å². The Morgan fingerprint density at radius 2 is 2.00 bits per heavy atom. The van der Waals surface area contributed by atoms with Crippen molar-refractivity contribution in [2.45, 2.75) is 33.1 Å². The van der Waals surface area contributed by atoms with Gasteiger partial charge in [-0.3, -0.25) is 4.79 Å². The summed E-state index contributed by atoms with van der Waals surface area (Å²) < 4.78 is 0. The normalized spacial score (nSPS) is 17.4. The molecule has 2 nitrogen and oxygen atoms in total. The summed E-state index contributed by atoms with van der Waals surface area (Å²) in [6.07, 6.45) is 13.1. The highest BCUT2D eigenvalue weighted by Gasteiger charge is 2.03. The first-order valence-electron chi connectivity index (χ1n) is 6.01. The minimum absolute atomic E-state index is 0.662. The molecule has 0 saturated heterocycles. The van der Waals surface area contributed by atoms with Gasteiger partial charge in [0.25, 0.3) is 0 Å². The van der Waals surface area contributed by atoms with Crippen LogP contribution in [0.4, 0.5) is 0 Å². The van der Waals surface area contributed by atoms with E-state index < -0.39 is 0 Å². The number of carbonyl (C=O) groups excluding carboxylic acids is 1. The molecule has 0 amide bonds. The highest BCUT2D eigenvalue weighted by Crippen LogP contribution is 2.15. The first-order valence-corrected chi connectivity index (χ1v) is 6.01. The zero-order valence-electron chi connectivity index (χ0n) is 10.2. The molecule has 0 heterocycles. The standard InChI is InChI=1S/C14H20NO/c1-3-9-15(10-4-2)11-13-5-7-14(12-16)8-6-13/h5,7-8,11H,3-4,6,9-10H2,1-2H3. The second-order valence-electron chi connectivity index (χ2n) is 4.04. The molecule has 0 aromatic rings. The second-order valence-corrected chi connectivity index (χ2v) is 4.04. The molecule has 0 aromatic heterocycles. The van der Waals surface area contributed by atoms with Crippen molar-refractivity contribution in [3.63, 3.8) is 0 Å². The van der Waals surface area contributed by atoms with Crippen LogP contribution in [0.15, 0.2) is 35.6 Å². The maximum atomic E-state index is 10.4. The van der Waals surface area contributed by atoms with Gasteiger partial charge in [0.05, 0.1) is 0 Å². The molecule has 1 aliphatic carbocycles. The van der Waals surface area contributed by atoms with Crippen LogP contribution >= 0.6 is 0 Å². The Morgan fingerprint density at radius 1 is 1.31 bits per heavy atom. The smallest absolute Gasteiger partial charge is 0.233 e. The van der Waals surface area contributed by atoms with E-state index in [0.29, 0.717) is 5.57 Å². The molecule has 1 aliphatic rings. The van der Waals surface area contributed by atoms with Crippen molar-refractivity contribution in [1.82, 2.24) is 4.90 Å². The lowest BCUT2D eigenvalue weighted by Gasteiger charge is -2.20. The van der Waals surface area contributed by atoms with Gasteiger partial charge in [0.1, 0.15) is 0 Å². The van der Waals surface area contributed by atoms with E-state index in [2.05, 4.69) is 24.9 Å². The highest BCUT2D eigenvalue weighted by molar-refractivity contribution is 5.79. The van der Waals surface area contributed by atoms with Crippen LogP contribution in [0.5, 0.6) is 0 Å². The lowest BCUT2D eigenvalue weighted by Crippen LogP contribution is -2.19. The molecule has 0 fully saturated rings. The van der Waals surface area contributed by atoms with Crippen molar-refractivity contribution in [3.05, 3.63) is 35.6 Å². The molecule has 1 radical (unpaired) electrons. The average molecular weight is 218 g/mol. The third-order valence-electron chi connectivity index (χ3n) is 2.52. The number of rotatable bonds is 6. The number of hydrogen-bond acceptors (Lipinski definition) is 2. The van der Waals surface area contributed by atoms with Crippen molar-refractivity contribution in [1.29, 1.82) is 0 Å².